The Hall–Kier alpha value is -1.11. The van der Waals surface area contributed by atoms with E-state index in [0.717, 1.165) is 0 Å². The van der Waals surface area contributed by atoms with E-state index in [4.69, 9.17) is 5.11 Å². The van der Waals surface area contributed by atoms with Gasteiger partial charge in [-0.2, -0.15) is 0 Å². The average Bonchev–Trinajstić information content (AvgIpc) is 1.80. The molecular weight excluding hydrogens is 238 g/mol. The Morgan fingerprint density at radius 2 is 1.36 bits per heavy atom. The molecule has 0 aliphatic rings. The smallest absolute Gasteiger partial charge is 0.549 e. The van der Waals surface area contributed by atoms with Gasteiger partial charge in [-0.3, -0.25) is 9.69 Å². The molecule has 0 amide bonds. The van der Waals surface area contributed by atoms with E-state index in [1.54, 1.807) is 0 Å². The van der Waals surface area contributed by atoms with Gasteiger partial charge in [0, 0.05) is 13.1 Å². The molecule has 0 radical (unpaired) electrons. The number of carboxylic acid groups (broad SMARTS) is 3. The van der Waals surface area contributed by atoms with Crippen molar-refractivity contribution in [2.75, 3.05) is 19.6 Å². The molecule has 14 heavy (non-hydrogen) atoms. The molecule has 0 aromatic heterocycles. The SMILES string of the molecule is O=C([O-])CN(CC(=O)[O-])CC(=O)O.[Fe+2]. The predicted octanol–water partition coefficient (Wildman–Crippen LogP) is -4.13. The fourth-order valence-corrected chi connectivity index (χ4v) is 0.724. The molecule has 1 N–H and O–H groups in total. The summed E-state index contributed by atoms with van der Waals surface area (Å²) in [7, 11) is 0. The van der Waals surface area contributed by atoms with Crippen LogP contribution in [-0.2, 0) is 31.5 Å². The van der Waals surface area contributed by atoms with Crippen LogP contribution < -0.4 is 10.2 Å². The second-order valence-corrected chi connectivity index (χ2v) is 2.28. The van der Waals surface area contributed by atoms with Gasteiger partial charge in [-0.15, -0.1) is 0 Å². The van der Waals surface area contributed by atoms with Gasteiger partial charge in [0.15, 0.2) is 0 Å². The molecular formula is C6H7FeNO6. The van der Waals surface area contributed by atoms with Gasteiger partial charge < -0.3 is 24.9 Å². The van der Waals surface area contributed by atoms with E-state index in [0.29, 0.717) is 4.90 Å². The predicted molar refractivity (Wildman–Crippen MR) is 34.1 cm³/mol. The maximum absolute atomic E-state index is 10.1. The van der Waals surface area contributed by atoms with E-state index in [9.17, 15) is 24.6 Å². The van der Waals surface area contributed by atoms with Crippen LogP contribution in [0.5, 0.6) is 0 Å². The third kappa shape index (κ3) is 8.98. The molecule has 0 aromatic carbocycles. The normalized spacial score (nSPS) is 9.21. The van der Waals surface area contributed by atoms with Crippen molar-refractivity contribution < 1.29 is 46.8 Å². The fourth-order valence-electron chi connectivity index (χ4n) is 0.724. The first-order valence-electron chi connectivity index (χ1n) is 3.25. The van der Waals surface area contributed by atoms with Crippen LogP contribution in [0, 0.1) is 0 Å². The Labute approximate surface area is 89.8 Å². The molecule has 0 aliphatic heterocycles. The van der Waals surface area contributed by atoms with Crippen LogP contribution in [0.2, 0.25) is 0 Å². The van der Waals surface area contributed by atoms with Crippen LogP contribution in [0.1, 0.15) is 0 Å². The molecule has 0 aliphatic carbocycles. The van der Waals surface area contributed by atoms with Crippen molar-refractivity contribution in [3.05, 3.63) is 0 Å². The molecule has 0 spiro atoms. The summed E-state index contributed by atoms with van der Waals surface area (Å²) in [6.45, 7) is -2.18. The maximum Gasteiger partial charge on any atom is 2.00 e. The minimum absolute atomic E-state index is 0. The molecule has 0 saturated carbocycles. The molecule has 0 atom stereocenters. The molecule has 80 valence electrons. The second kappa shape index (κ2) is 7.31. The number of hydrogen-bond donors (Lipinski definition) is 1. The van der Waals surface area contributed by atoms with Gasteiger partial charge in [-0.05, 0) is 0 Å². The van der Waals surface area contributed by atoms with E-state index < -0.39 is 37.5 Å². The number of carbonyl (C=O) groups excluding carboxylic acids is 2. The summed E-state index contributed by atoms with van der Waals surface area (Å²) in [6, 6.07) is 0. The van der Waals surface area contributed by atoms with Crippen LogP contribution >= 0.6 is 0 Å². The van der Waals surface area contributed by atoms with Gasteiger partial charge >= 0.3 is 23.0 Å². The molecule has 7 nitrogen and oxygen atoms in total. The van der Waals surface area contributed by atoms with Crippen molar-refractivity contribution in [3.8, 4) is 0 Å². The van der Waals surface area contributed by atoms with E-state index >= 15 is 0 Å². The third-order valence-corrected chi connectivity index (χ3v) is 1.06. The van der Waals surface area contributed by atoms with Crippen molar-refractivity contribution in [2.24, 2.45) is 0 Å². The van der Waals surface area contributed by atoms with Crippen molar-refractivity contribution in [1.29, 1.82) is 0 Å². The quantitative estimate of drug-likeness (QED) is 0.471. The fraction of sp³-hybridized carbons (Fsp3) is 0.500. The summed E-state index contributed by atoms with van der Waals surface area (Å²) in [5.74, 6) is -4.40. The molecule has 0 fully saturated rings. The number of aliphatic carboxylic acids is 3. The van der Waals surface area contributed by atoms with Crippen molar-refractivity contribution in [3.63, 3.8) is 0 Å². The van der Waals surface area contributed by atoms with Gasteiger partial charge in [-0.25, -0.2) is 0 Å². The van der Waals surface area contributed by atoms with E-state index in [2.05, 4.69) is 0 Å². The molecule has 0 unspecified atom stereocenters. The Morgan fingerprint density at radius 1 is 1.00 bits per heavy atom. The second-order valence-electron chi connectivity index (χ2n) is 2.28. The summed E-state index contributed by atoms with van der Waals surface area (Å²) in [6.07, 6.45) is 0. The van der Waals surface area contributed by atoms with Gasteiger partial charge in [-0.1, -0.05) is 0 Å². The number of carboxylic acids is 3. The minimum Gasteiger partial charge on any atom is -0.549 e. The van der Waals surface area contributed by atoms with Crippen LogP contribution in [0.25, 0.3) is 0 Å². The van der Waals surface area contributed by atoms with Gasteiger partial charge in [0.1, 0.15) is 0 Å². The molecule has 0 saturated heterocycles. The Bertz CT molecular complexity index is 192. The van der Waals surface area contributed by atoms with Crippen LogP contribution in [-0.4, -0.2) is 47.5 Å². The van der Waals surface area contributed by atoms with Crippen LogP contribution in [0.3, 0.4) is 0 Å². The van der Waals surface area contributed by atoms with Crippen LogP contribution in [0.15, 0.2) is 0 Å². The van der Waals surface area contributed by atoms with Crippen molar-refractivity contribution in [1.82, 2.24) is 4.90 Å². The zero-order valence-corrected chi connectivity index (χ0v) is 8.01. The number of hydrogen-bond acceptors (Lipinski definition) is 6. The molecule has 0 aromatic rings. The first kappa shape index (κ1) is 15.4. The van der Waals surface area contributed by atoms with E-state index in [1.165, 1.54) is 0 Å². The third-order valence-electron chi connectivity index (χ3n) is 1.06. The summed E-state index contributed by atoms with van der Waals surface area (Å²) in [5.41, 5.74) is 0. The first-order chi connectivity index (χ1) is 5.91. The van der Waals surface area contributed by atoms with E-state index in [-0.39, 0.29) is 17.1 Å². The van der Waals surface area contributed by atoms with Crippen molar-refractivity contribution in [2.45, 2.75) is 0 Å². The molecule has 0 bridgehead atoms. The van der Waals surface area contributed by atoms with Gasteiger partial charge in [0.2, 0.25) is 0 Å². The summed E-state index contributed by atoms with van der Waals surface area (Å²) >= 11 is 0. The zero-order valence-electron chi connectivity index (χ0n) is 6.91. The van der Waals surface area contributed by atoms with Gasteiger partial charge in [0.25, 0.3) is 0 Å². The largest absolute Gasteiger partial charge is 2.00 e. The Morgan fingerprint density at radius 3 is 1.57 bits per heavy atom. The zero-order chi connectivity index (χ0) is 10.4. The summed E-state index contributed by atoms with van der Waals surface area (Å²) < 4.78 is 0. The average molecular weight is 245 g/mol. The monoisotopic (exact) mass is 245 g/mol. The summed E-state index contributed by atoms with van der Waals surface area (Å²) in [4.78, 5) is 30.8. The molecule has 8 heteroatoms. The standard InChI is InChI=1S/C6H9NO6.Fe/c8-4(9)1-7(2-5(10)11)3-6(12)13;/h1-3H2,(H,8,9)(H,10,11)(H,12,13);/q;+2/p-2. The maximum atomic E-state index is 10.1. The minimum atomic E-state index is -1.54. The Kier molecular flexibility index (Phi) is 8.02. The number of rotatable bonds is 6. The Balaban J connectivity index is 0. The van der Waals surface area contributed by atoms with Crippen LogP contribution in [0.4, 0.5) is 0 Å². The number of carbonyl (C=O) groups is 3. The topological polar surface area (TPSA) is 121 Å². The van der Waals surface area contributed by atoms with E-state index in [1.807, 2.05) is 0 Å². The van der Waals surface area contributed by atoms with Crippen molar-refractivity contribution >= 4 is 17.9 Å². The molecule has 0 heterocycles. The summed E-state index contributed by atoms with van der Waals surface area (Å²) in [5, 5.41) is 28.3. The molecule has 0 rings (SSSR count). The number of nitrogens with zero attached hydrogens (tertiary/aromatic N) is 1. The first-order valence-corrected chi connectivity index (χ1v) is 3.25. The van der Waals surface area contributed by atoms with Gasteiger partial charge in [0.05, 0.1) is 18.5 Å².